The van der Waals surface area contributed by atoms with Gasteiger partial charge in [-0.05, 0) is 25.7 Å². The molecule has 15 heteroatoms. The van der Waals surface area contributed by atoms with Gasteiger partial charge in [-0.1, -0.05) is 111 Å². The van der Waals surface area contributed by atoms with Crippen molar-refractivity contribution in [2.75, 3.05) is 13.2 Å². The van der Waals surface area contributed by atoms with E-state index in [4.69, 9.17) is 25.7 Å². The summed E-state index contributed by atoms with van der Waals surface area (Å²) < 4.78 is 17.0. The fourth-order valence-corrected chi connectivity index (χ4v) is 6.64. The average molecular weight is 773 g/mol. The number of aliphatic carboxylic acids is 1. The first-order valence-corrected chi connectivity index (χ1v) is 20.3. The van der Waals surface area contributed by atoms with Crippen LogP contribution < -0.4 is 16.8 Å². The molecule has 1 fully saturated rings. The number of nitrogens with zero attached hydrogens (tertiary/aromatic N) is 1. The van der Waals surface area contributed by atoms with Crippen LogP contribution in [0.1, 0.15) is 150 Å². The lowest BCUT2D eigenvalue weighted by Crippen LogP contribution is -2.65. The summed E-state index contributed by atoms with van der Waals surface area (Å²) in [6, 6.07) is -3.79. The number of ether oxygens (including phenoxy) is 3. The lowest BCUT2D eigenvalue weighted by Gasteiger charge is -2.44. The Labute approximate surface area is 322 Å². The maximum Gasteiger partial charge on any atom is 0.326 e. The van der Waals surface area contributed by atoms with Gasteiger partial charge in [0.15, 0.2) is 6.29 Å². The number of carbonyl (C=O) groups excluding carboxylic acids is 4. The molecule has 54 heavy (non-hydrogen) atoms. The zero-order valence-corrected chi connectivity index (χ0v) is 33.5. The first kappa shape index (κ1) is 49.2. The van der Waals surface area contributed by atoms with Crippen molar-refractivity contribution >= 4 is 29.7 Å². The fourth-order valence-electron chi connectivity index (χ4n) is 6.64. The fraction of sp³-hybridized carbons (Fsp3) is 0.872. The van der Waals surface area contributed by atoms with Crippen LogP contribution in [-0.4, -0.2) is 112 Å². The van der Waals surface area contributed by atoms with Gasteiger partial charge in [-0.3, -0.25) is 19.2 Å². The van der Waals surface area contributed by atoms with E-state index in [-0.39, 0.29) is 38.3 Å². The van der Waals surface area contributed by atoms with Crippen LogP contribution in [-0.2, 0) is 38.2 Å². The Morgan fingerprint density at radius 1 is 0.833 bits per heavy atom. The van der Waals surface area contributed by atoms with Gasteiger partial charge in [-0.25, -0.2) is 4.79 Å². The summed E-state index contributed by atoms with van der Waals surface area (Å²) in [5.74, 6) is -4.19. The third kappa shape index (κ3) is 19.7. The van der Waals surface area contributed by atoms with Gasteiger partial charge in [0.05, 0.1) is 12.1 Å². The van der Waals surface area contributed by atoms with E-state index in [1.54, 1.807) is 13.8 Å². The molecule has 1 saturated heterocycles. The molecule has 0 saturated carbocycles. The highest BCUT2D eigenvalue weighted by molar-refractivity contribution is 5.87. The van der Waals surface area contributed by atoms with E-state index < -0.39 is 78.5 Å². The maximum absolute atomic E-state index is 13.4. The standard InChI is InChI=1S/C39H72N4O11/c1-6-7-8-9-10-11-12-13-14-15-16-17-18-19-20-21-32(46)52-25-30-35(47)36(34(39(51)54-30)42-28(5)44)53-27(4)24-43(37(48)33(41)26(2)3)29(38(49)50)22-23-31(40)45/h26-27,29-30,33-36,39,47,51H,6-25,41H2,1-5H3,(H2,40,45)(H,42,44)(H,49,50)/t27?,29-,30-,33+,34-,35-,36-,39+/m1/s1. The number of aliphatic hydroxyl groups excluding tert-OH is 2. The minimum absolute atomic E-state index is 0.192. The highest BCUT2D eigenvalue weighted by Crippen LogP contribution is 2.25. The lowest BCUT2D eigenvalue weighted by atomic mass is 9.96. The monoisotopic (exact) mass is 773 g/mol. The first-order chi connectivity index (χ1) is 25.6. The molecule has 0 aliphatic carbocycles. The van der Waals surface area contributed by atoms with Crippen LogP contribution in [0, 0.1) is 5.92 Å². The SMILES string of the molecule is CCCCCCCCCCCCCCCCCC(=O)OC[C@H]1O[C@H](O)[C@H](NC(C)=O)[C@@H](OC(C)CN(C(=O)[C@@H](N)C(C)C)[C@H](CCC(N)=O)C(=O)O)[C@@H]1O. The van der Waals surface area contributed by atoms with E-state index in [9.17, 15) is 39.3 Å². The lowest BCUT2D eigenvalue weighted by molar-refractivity contribution is -0.269. The van der Waals surface area contributed by atoms with Gasteiger partial charge in [0, 0.05) is 26.3 Å². The number of carboxylic acid groups (broad SMARTS) is 1. The highest BCUT2D eigenvalue weighted by Gasteiger charge is 2.47. The van der Waals surface area contributed by atoms with Gasteiger partial charge in [-0.2, -0.15) is 0 Å². The molecule has 15 nitrogen and oxygen atoms in total. The molecule has 314 valence electrons. The Balaban J connectivity index is 2.71. The number of hydrogen-bond acceptors (Lipinski definition) is 11. The molecule has 0 aromatic carbocycles. The second-order valence-corrected chi connectivity index (χ2v) is 15.2. The van der Waals surface area contributed by atoms with Crippen molar-refractivity contribution < 1.29 is 53.5 Å². The van der Waals surface area contributed by atoms with E-state index in [1.807, 2.05) is 0 Å². The van der Waals surface area contributed by atoms with Crippen molar-refractivity contribution in [3.63, 3.8) is 0 Å². The molecule has 8 atom stereocenters. The number of esters is 1. The summed E-state index contributed by atoms with van der Waals surface area (Å²) >= 11 is 0. The third-order valence-corrected chi connectivity index (χ3v) is 9.91. The van der Waals surface area contributed by atoms with Gasteiger partial charge in [0.2, 0.25) is 17.7 Å². The quantitative estimate of drug-likeness (QED) is 0.0453. The third-order valence-electron chi connectivity index (χ3n) is 9.91. The largest absolute Gasteiger partial charge is 0.480 e. The number of rotatable bonds is 30. The Morgan fingerprint density at radius 2 is 1.35 bits per heavy atom. The van der Waals surface area contributed by atoms with Crippen LogP contribution in [0.5, 0.6) is 0 Å². The minimum atomic E-state index is -1.66. The van der Waals surface area contributed by atoms with Gasteiger partial charge < -0.3 is 51.2 Å². The summed E-state index contributed by atoms with van der Waals surface area (Å²) in [6.45, 7) is 7.63. The summed E-state index contributed by atoms with van der Waals surface area (Å²) in [6.07, 6.45) is 11.0. The highest BCUT2D eigenvalue weighted by atomic mass is 16.6. The second-order valence-electron chi connectivity index (χ2n) is 15.2. The van der Waals surface area contributed by atoms with Crippen molar-refractivity contribution in [3.05, 3.63) is 0 Å². The molecule has 1 aliphatic rings. The number of carbonyl (C=O) groups is 5. The van der Waals surface area contributed by atoms with Gasteiger partial charge in [-0.15, -0.1) is 0 Å². The molecule has 1 unspecified atom stereocenters. The summed E-state index contributed by atoms with van der Waals surface area (Å²) in [5, 5.41) is 34.6. The van der Waals surface area contributed by atoms with Crippen molar-refractivity contribution in [1.29, 1.82) is 0 Å². The molecule has 8 N–H and O–H groups in total. The Kier molecular flexibility index (Phi) is 25.2. The number of nitrogens with two attached hydrogens (primary N) is 2. The van der Waals surface area contributed by atoms with Crippen LogP contribution in [0.4, 0.5) is 0 Å². The molecule has 0 bridgehead atoms. The number of hydrogen-bond donors (Lipinski definition) is 6. The normalized spacial score (nSPS) is 21.6. The molecular weight excluding hydrogens is 700 g/mol. The second kappa shape index (κ2) is 27.7. The van der Waals surface area contributed by atoms with Crippen LogP contribution in [0.25, 0.3) is 0 Å². The van der Waals surface area contributed by atoms with E-state index in [2.05, 4.69) is 12.2 Å². The number of amides is 3. The van der Waals surface area contributed by atoms with E-state index in [1.165, 1.54) is 84.5 Å². The Bertz CT molecular complexity index is 1110. The molecule has 0 aromatic rings. The molecule has 1 aliphatic heterocycles. The van der Waals surface area contributed by atoms with Crippen molar-refractivity contribution in [2.24, 2.45) is 17.4 Å². The number of aliphatic hydroxyl groups is 2. The predicted octanol–water partition coefficient (Wildman–Crippen LogP) is 3.68. The van der Waals surface area contributed by atoms with E-state index in [0.717, 1.165) is 24.2 Å². The van der Waals surface area contributed by atoms with Crippen LogP contribution in [0.2, 0.25) is 0 Å². The van der Waals surface area contributed by atoms with Crippen molar-refractivity contribution in [2.45, 2.75) is 199 Å². The first-order valence-electron chi connectivity index (χ1n) is 20.3. The van der Waals surface area contributed by atoms with Gasteiger partial charge >= 0.3 is 11.9 Å². The maximum atomic E-state index is 13.4. The number of nitrogens with one attached hydrogen (secondary N) is 1. The number of primary amides is 1. The van der Waals surface area contributed by atoms with Gasteiger partial charge in [0.1, 0.15) is 37.0 Å². The molecule has 0 aromatic heterocycles. The van der Waals surface area contributed by atoms with Crippen molar-refractivity contribution in [3.8, 4) is 0 Å². The van der Waals surface area contributed by atoms with Crippen LogP contribution in [0.15, 0.2) is 0 Å². The topological polar surface area (TPSA) is 241 Å². The smallest absolute Gasteiger partial charge is 0.326 e. The Hall–Kier alpha value is -2.85. The predicted molar refractivity (Wildman–Crippen MR) is 204 cm³/mol. The molecule has 3 amide bonds. The molecule has 1 rings (SSSR count). The van der Waals surface area contributed by atoms with Crippen LogP contribution >= 0.6 is 0 Å². The summed E-state index contributed by atoms with van der Waals surface area (Å²) in [5.41, 5.74) is 11.4. The zero-order valence-electron chi connectivity index (χ0n) is 33.5. The van der Waals surface area contributed by atoms with E-state index >= 15 is 0 Å². The van der Waals surface area contributed by atoms with Gasteiger partial charge in [0.25, 0.3) is 0 Å². The molecular formula is C39H72N4O11. The Morgan fingerprint density at radius 3 is 1.81 bits per heavy atom. The summed E-state index contributed by atoms with van der Waals surface area (Å²) in [4.78, 5) is 62.7. The molecule has 1 heterocycles. The summed E-state index contributed by atoms with van der Waals surface area (Å²) in [7, 11) is 0. The zero-order chi connectivity index (χ0) is 40.6. The van der Waals surface area contributed by atoms with Crippen LogP contribution in [0.3, 0.4) is 0 Å². The molecule has 0 spiro atoms. The average Bonchev–Trinajstić information content (AvgIpc) is 3.10. The van der Waals surface area contributed by atoms with Crippen molar-refractivity contribution in [1.82, 2.24) is 10.2 Å². The molecule has 0 radical (unpaired) electrons. The number of carboxylic acids is 1. The van der Waals surface area contributed by atoms with E-state index in [0.29, 0.717) is 6.42 Å². The number of unbranched alkanes of at least 4 members (excludes halogenated alkanes) is 14. The minimum Gasteiger partial charge on any atom is -0.480 e.